The van der Waals surface area contributed by atoms with Gasteiger partial charge in [-0.15, -0.1) is 0 Å². The van der Waals surface area contributed by atoms with Gasteiger partial charge in [-0.2, -0.15) is 0 Å². The first kappa shape index (κ1) is 38.5. The van der Waals surface area contributed by atoms with E-state index in [1.54, 1.807) is 18.7 Å². The van der Waals surface area contributed by atoms with E-state index in [2.05, 4.69) is 29.7 Å². The second-order valence-electron chi connectivity index (χ2n) is 14.4. The molecule has 2 amide bonds. The highest BCUT2D eigenvalue weighted by Crippen LogP contribution is 2.39. The largest absolute Gasteiger partial charge is 0.496 e. The summed E-state index contributed by atoms with van der Waals surface area (Å²) >= 11 is 0. The van der Waals surface area contributed by atoms with Crippen LogP contribution >= 0.6 is 0 Å². The Kier molecular flexibility index (Phi) is 12.7. The molecule has 11 nitrogen and oxygen atoms in total. The van der Waals surface area contributed by atoms with Crippen molar-refractivity contribution in [1.82, 2.24) is 15.5 Å². The van der Waals surface area contributed by atoms with Crippen molar-refractivity contribution in [1.29, 1.82) is 0 Å². The molecule has 2 aromatic carbocycles. The van der Waals surface area contributed by atoms with E-state index in [1.807, 2.05) is 51.1 Å². The van der Waals surface area contributed by atoms with Crippen LogP contribution < -0.4 is 15.4 Å². The highest BCUT2D eigenvalue weighted by molar-refractivity contribution is 5.93. The third-order valence-corrected chi connectivity index (χ3v) is 9.66. The van der Waals surface area contributed by atoms with Crippen molar-refractivity contribution in [2.45, 2.75) is 96.9 Å². The van der Waals surface area contributed by atoms with Crippen molar-refractivity contribution in [3.8, 4) is 5.75 Å². The van der Waals surface area contributed by atoms with Gasteiger partial charge in [0.05, 0.1) is 19.1 Å². The summed E-state index contributed by atoms with van der Waals surface area (Å²) in [5.74, 6) is 0.174. The molecule has 2 aromatic rings. The molecule has 1 unspecified atom stereocenters. The summed E-state index contributed by atoms with van der Waals surface area (Å²) in [6.45, 7) is 13.5. The lowest BCUT2D eigenvalue weighted by Gasteiger charge is -2.40. The van der Waals surface area contributed by atoms with E-state index in [4.69, 9.17) is 9.47 Å². The van der Waals surface area contributed by atoms with Crippen LogP contribution in [-0.2, 0) is 27.2 Å². The number of ether oxygens (including phenoxy) is 2. The van der Waals surface area contributed by atoms with Crippen molar-refractivity contribution in [2.24, 2.45) is 5.41 Å². The van der Waals surface area contributed by atoms with E-state index in [1.165, 1.54) is 7.11 Å². The highest BCUT2D eigenvalue weighted by Gasteiger charge is 2.45. The summed E-state index contributed by atoms with van der Waals surface area (Å²) in [6, 6.07) is 10.0. The summed E-state index contributed by atoms with van der Waals surface area (Å²) in [5.41, 5.74) is 3.81. The number of amides is 2. The molecular formula is C38H55N3O8. The SMILES string of the molecule is CCCc1cc(OC)c([C@@H]2O[C@H](CO)[C@H](O)[C@H](O)C2O)cc1Cc1ccc(/C=C/C(C)(C)C(=O)NC(C)(C)C(=O)N2CCNCC2)cc1C. The number of rotatable bonds is 12. The van der Waals surface area contributed by atoms with Crippen LogP contribution in [0.3, 0.4) is 0 Å². The summed E-state index contributed by atoms with van der Waals surface area (Å²) in [5, 5.41) is 47.6. The average Bonchev–Trinajstić information content (AvgIpc) is 3.08. The number of nitrogens with zero attached hydrogens (tertiary/aromatic N) is 1. The molecule has 0 spiro atoms. The first-order chi connectivity index (χ1) is 23.1. The lowest BCUT2D eigenvalue weighted by molar-refractivity contribution is -0.232. The van der Waals surface area contributed by atoms with Crippen LogP contribution in [0.1, 0.15) is 80.5 Å². The number of benzene rings is 2. The molecule has 0 radical (unpaired) electrons. The monoisotopic (exact) mass is 681 g/mol. The molecule has 2 aliphatic heterocycles. The van der Waals surface area contributed by atoms with Gasteiger partial charge < -0.3 is 45.4 Å². The van der Waals surface area contributed by atoms with Gasteiger partial charge in [-0.05, 0) is 87.4 Å². The maximum atomic E-state index is 13.4. The van der Waals surface area contributed by atoms with E-state index < -0.39 is 48.1 Å². The summed E-state index contributed by atoms with van der Waals surface area (Å²) in [6.07, 6.45) is -0.334. The Hall–Kier alpha value is -3.32. The molecule has 6 N–H and O–H groups in total. The van der Waals surface area contributed by atoms with Crippen molar-refractivity contribution >= 4 is 17.9 Å². The van der Waals surface area contributed by atoms with Crippen molar-refractivity contribution < 1.29 is 39.5 Å². The zero-order valence-corrected chi connectivity index (χ0v) is 30.0. The number of methoxy groups -OCH3 is 1. The molecule has 0 aromatic heterocycles. The van der Waals surface area contributed by atoms with Gasteiger partial charge in [0.15, 0.2) is 0 Å². The molecule has 0 bridgehead atoms. The quantitative estimate of drug-likeness (QED) is 0.198. The second kappa shape index (κ2) is 16.1. The Labute approximate surface area is 290 Å². The molecule has 2 fully saturated rings. The number of hydrogen-bond donors (Lipinski definition) is 6. The van der Waals surface area contributed by atoms with Crippen LogP contribution in [0, 0.1) is 12.3 Å². The molecule has 11 heteroatoms. The predicted molar refractivity (Wildman–Crippen MR) is 188 cm³/mol. The Balaban J connectivity index is 1.53. The minimum Gasteiger partial charge on any atom is -0.496 e. The van der Waals surface area contributed by atoms with E-state index in [-0.39, 0.29) is 11.8 Å². The second-order valence-corrected chi connectivity index (χ2v) is 14.4. The Morgan fingerprint density at radius 3 is 2.33 bits per heavy atom. The van der Waals surface area contributed by atoms with Crippen LogP contribution in [0.25, 0.3) is 6.08 Å². The van der Waals surface area contributed by atoms with E-state index in [0.29, 0.717) is 30.8 Å². The molecule has 2 aliphatic rings. The summed E-state index contributed by atoms with van der Waals surface area (Å²) in [7, 11) is 1.54. The summed E-state index contributed by atoms with van der Waals surface area (Å²) in [4.78, 5) is 28.3. The smallest absolute Gasteiger partial charge is 0.247 e. The van der Waals surface area contributed by atoms with E-state index in [9.17, 15) is 30.0 Å². The van der Waals surface area contributed by atoms with Crippen LogP contribution in [0.4, 0.5) is 0 Å². The first-order valence-corrected chi connectivity index (χ1v) is 17.2. The predicted octanol–water partition coefficient (Wildman–Crippen LogP) is 2.43. The lowest BCUT2D eigenvalue weighted by Crippen LogP contribution is -2.60. The van der Waals surface area contributed by atoms with Crippen LogP contribution in [0.15, 0.2) is 36.4 Å². The van der Waals surface area contributed by atoms with Gasteiger partial charge in [0.2, 0.25) is 11.8 Å². The third kappa shape index (κ3) is 8.89. The fourth-order valence-electron chi connectivity index (χ4n) is 6.48. The number of hydrogen-bond acceptors (Lipinski definition) is 9. The Morgan fingerprint density at radius 1 is 1.02 bits per heavy atom. The fourth-order valence-corrected chi connectivity index (χ4v) is 6.48. The number of aryl methyl sites for hydroxylation is 2. The molecule has 0 aliphatic carbocycles. The first-order valence-electron chi connectivity index (χ1n) is 17.2. The molecule has 5 atom stereocenters. The van der Waals surface area contributed by atoms with Crippen molar-refractivity contribution in [3.05, 3.63) is 69.8 Å². The zero-order chi connectivity index (χ0) is 36.1. The van der Waals surface area contributed by atoms with Gasteiger partial charge in [0.1, 0.15) is 41.8 Å². The number of aliphatic hydroxyl groups excluding tert-OH is 4. The number of carbonyl (C=O) groups excluding carboxylic acids is 2. The van der Waals surface area contributed by atoms with Gasteiger partial charge >= 0.3 is 0 Å². The highest BCUT2D eigenvalue weighted by atomic mass is 16.5. The van der Waals surface area contributed by atoms with Gasteiger partial charge in [0.25, 0.3) is 0 Å². The van der Waals surface area contributed by atoms with Gasteiger partial charge in [-0.25, -0.2) is 0 Å². The minimum absolute atomic E-state index is 0.0902. The molecule has 2 heterocycles. The maximum Gasteiger partial charge on any atom is 0.247 e. The zero-order valence-electron chi connectivity index (χ0n) is 30.0. The minimum atomic E-state index is -1.50. The van der Waals surface area contributed by atoms with Crippen molar-refractivity contribution in [2.75, 3.05) is 39.9 Å². The third-order valence-electron chi connectivity index (χ3n) is 9.66. The fraction of sp³-hybridized carbons (Fsp3) is 0.579. The number of carbonyl (C=O) groups is 2. The van der Waals surface area contributed by atoms with Gasteiger partial charge in [0, 0.05) is 31.7 Å². The normalized spacial score (nSPS) is 23.5. The van der Waals surface area contributed by atoms with Gasteiger partial charge in [-0.1, -0.05) is 43.7 Å². The number of piperazine rings is 1. The summed E-state index contributed by atoms with van der Waals surface area (Å²) < 4.78 is 11.6. The molecule has 4 rings (SSSR count). The maximum absolute atomic E-state index is 13.4. The van der Waals surface area contributed by atoms with Crippen LogP contribution in [0.2, 0.25) is 0 Å². The number of nitrogens with one attached hydrogen (secondary N) is 2. The lowest BCUT2D eigenvalue weighted by atomic mass is 9.86. The van der Waals surface area contributed by atoms with Crippen molar-refractivity contribution in [3.63, 3.8) is 0 Å². The molecular weight excluding hydrogens is 626 g/mol. The van der Waals surface area contributed by atoms with E-state index in [0.717, 1.165) is 53.7 Å². The molecule has 0 saturated carbocycles. The Morgan fingerprint density at radius 2 is 1.71 bits per heavy atom. The number of aliphatic hydroxyl groups is 4. The topological polar surface area (TPSA) is 161 Å². The molecule has 270 valence electrons. The van der Waals surface area contributed by atoms with Crippen LogP contribution in [-0.4, -0.2) is 107 Å². The Bertz CT molecular complexity index is 1500. The van der Waals surface area contributed by atoms with Gasteiger partial charge in [-0.3, -0.25) is 9.59 Å². The molecule has 49 heavy (non-hydrogen) atoms. The molecule has 2 saturated heterocycles. The van der Waals surface area contributed by atoms with E-state index >= 15 is 0 Å². The standard InChI is InChI=1S/C38H55N3O8/c1-8-9-26-21-29(48-7)28(34-33(45)32(44)31(43)30(22-42)49-34)20-27(26)19-25-11-10-24(18-23(25)2)12-13-37(3,4)35(46)40-38(5,6)36(47)41-16-14-39-15-17-41/h10-13,18,20-21,30-34,39,42-45H,8-9,14-17,19,22H2,1-7H3,(H,40,46)/b13-12+/t30-,31+,32+,33?,34+/m1/s1. The average molecular weight is 682 g/mol. The van der Waals surface area contributed by atoms with Crippen LogP contribution in [0.5, 0.6) is 5.75 Å².